The van der Waals surface area contributed by atoms with Gasteiger partial charge in [-0.1, -0.05) is 0 Å². The van der Waals surface area contributed by atoms with E-state index in [0.29, 0.717) is 0 Å². The van der Waals surface area contributed by atoms with Gasteiger partial charge in [0.05, 0.1) is 0 Å². The van der Waals surface area contributed by atoms with Crippen LogP contribution in [0, 0.1) is 5.92 Å². The molecule has 1 heterocycles. The van der Waals surface area contributed by atoms with Crippen LogP contribution in [0.5, 0.6) is 0 Å². The summed E-state index contributed by atoms with van der Waals surface area (Å²) in [4.78, 5) is 2.55. The predicted molar refractivity (Wildman–Crippen MR) is 46.6 cm³/mol. The molecule has 0 spiro atoms. The number of rotatable bonds is 3. The molecule has 2 rings (SSSR count). The van der Waals surface area contributed by atoms with Gasteiger partial charge in [-0.15, -0.1) is 0 Å². The Morgan fingerprint density at radius 3 is 2.36 bits per heavy atom. The molecule has 1 aliphatic carbocycles. The van der Waals surface area contributed by atoms with E-state index in [0.717, 1.165) is 18.0 Å². The van der Waals surface area contributed by atoms with E-state index in [4.69, 9.17) is 0 Å². The summed E-state index contributed by atoms with van der Waals surface area (Å²) < 4.78 is 0. The van der Waals surface area contributed by atoms with Crippen molar-refractivity contribution in [1.82, 2.24) is 10.2 Å². The Kier molecular flexibility index (Phi) is 1.90. The molecule has 1 N–H and O–H groups in total. The highest BCUT2D eigenvalue weighted by molar-refractivity contribution is 4.91. The fourth-order valence-corrected chi connectivity index (χ4v) is 1.81. The molecule has 2 nitrogen and oxygen atoms in total. The first-order chi connectivity index (χ1) is 5.29. The van der Waals surface area contributed by atoms with Crippen molar-refractivity contribution in [2.24, 2.45) is 5.92 Å². The predicted octanol–water partition coefficient (Wildman–Crippen LogP) is 0.688. The molecule has 64 valence electrons. The first-order valence-electron chi connectivity index (χ1n) is 4.71. The number of hydrogen-bond acceptors (Lipinski definition) is 2. The van der Waals surface area contributed by atoms with Crippen molar-refractivity contribution in [3.05, 3.63) is 0 Å². The average Bonchev–Trinajstić information content (AvgIpc) is 2.62. The summed E-state index contributed by atoms with van der Waals surface area (Å²) in [6, 6.07) is 1.65. The van der Waals surface area contributed by atoms with E-state index in [1.165, 1.54) is 25.9 Å². The van der Waals surface area contributed by atoms with Crippen molar-refractivity contribution in [3.8, 4) is 0 Å². The minimum absolute atomic E-state index is 0.821. The highest BCUT2D eigenvalue weighted by Gasteiger charge is 2.34. The Morgan fingerprint density at radius 1 is 1.36 bits per heavy atom. The summed E-state index contributed by atoms with van der Waals surface area (Å²) in [5.41, 5.74) is 0. The third-order valence-electron chi connectivity index (χ3n) is 3.28. The molecule has 0 aromatic heterocycles. The van der Waals surface area contributed by atoms with Gasteiger partial charge in [0.1, 0.15) is 0 Å². The molecule has 0 bridgehead atoms. The standard InChI is InChI=1S/C9H18N2/c1-7(8-3-4-8)11(2)9-5-10-6-9/h7-10H,3-6H2,1-2H3. The molecule has 1 aliphatic heterocycles. The van der Waals surface area contributed by atoms with Crippen LogP contribution in [0.25, 0.3) is 0 Å². The Balaban J connectivity index is 1.81. The highest BCUT2D eigenvalue weighted by atomic mass is 15.2. The smallest absolute Gasteiger partial charge is 0.0345 e. The molecule has 0 aromatic rings. The van der Waals surface area contributed by atoms with Crippen molar-refractivity contribution in [1.29, 1.82) is 0 Å². The summed E-state index contributed by atoms with van der Waals surface area (Å²) in [6.07, 6.45) is 2.93. The molecule has 2 heteroatoms. The van der Waals surface area contributed by atoms with Crippen molar-refractivity contribution < 1.29 is 0 Å². The van der Waals surface area contributed by atoms with E-state index in [9.17, 15) is 0 Å². The zero-order chi connectivity index (χ0) is 7.84. The molecule has 0 radical (unpaired) electrons. The van der Waals surface area contributed by atoms with Gasteiger partial charge in [0.25, 0.3) is 0 Å². The molecule has 1 saturated carbocycles. The van der Waals surface area contributed by atoms with Crippen LogP contribution in [0.3, 0.4) is 0 Å². The maximum atomic E-state index is 3.31. The molecule has 1 atom stereocenters. The fraction of sp³-hybridized carbons (Fsp3) is 1.00. The molecule has 11 heavy (non-hydrogen) atoms. The molecular weight excluding hydrogens is 136 g/mol. The third kappa shape index (κ3) is 1.42. The summed E-state index contributed by atoms with van der Waals surface area (Å²) in [6.45, 7) is 4.77. The minimum atomic E-state index is 0.821. The van der Waals surface area contributed by atoms with Crippen LogP contribution in [0.15, 0.2) is 0 Å². The lowest BCUT2D eigenvalue weighted by molar-refractivity contribution is 0.124. The lowest BCUT2D eigenvalue weighted by Gasteiger charge is -2.39. The Hall–Kier alpha value is -0.0800. The molecule has 1 saturated heterocycles. The quantitative estimate of drug-likeness (QED) is 0.643. The molecule has 1 unspecified atom stereocenters. The second kappa shape index (κ2) is 2.76. The lowest BCUT2D eigenvalue weighted by atomic mass is 10.1. The van der Waals surface area contributed by atoms with Gasteiger partial charge < -0.3 is 5.32 Å². The fourth-order valence-electron chi connectivity index (χ4n) is 1.81. The molecule has 0 aromatic carbocycles. The largest absolute Gasteiger partial charge is 0.314 e. The van der Waals surface area contributed by atoms with Crippen LogP contribution in [0.2, 0.25) is 0 Å². The molecule has 0 amide bonds. The van der Waals surface area contributed by atoms with Gasteiger partial charge in [-0.25, -0.2) is 0 Å². The summed E-state index contributed by atoms with van der Waals surface area (Å²) in [5.74, 6) is 1.01. The van der Waals surface area contributed by atoms with Crippen molar-refractivity contribution in [3.63, 3.8) is 0 Å². The van der Waals surface area contributed by atoms with Gasteiger partial charge in [-0.05, 0) is 32.7 Å². The van der Waals surface area contributed by atoms with Crippen LogP contribution >= 0.6 is 0 Å². The zero-order valence-corrected chi connectivity index (χ0v) is 7.51. The maximum absolute atomic E-state index is 3.31. The maximum Gasteiger partial charge on any atom is 0.0345 e. The minimum Gasteiger partial charge on any atom is -0.314 e. The van der Waals surface area contributed by atoms with E-state index in [-0.39, 0.29) is 0 Å². The summed E-state index contributed by atoms with van der Waals surface area (Å²) in [7, 11) is 2.27. The van der Waals surface area contributed by atoms with Crippen LogP contribution in [0.4, 0.5) is 0 Å². The summed E-state index contributed by atoms with van der Waals surface area (Å²) in [5, 5.41) is 3.31. The van der Waals surface area contributed by atoms with E-state index in [2.05, 4.69) is 24.2 Å². The van der Waals surface area contributed by atoms with Crippen molar-refractivity contribution >= 4 is 0 Å². The summed E-state index contributed by atoms with van der Waals surface area (Å²) >= 11 is 0. The van der Waals surface area contributed by atoms with E-state index >= 15 is 0 Å². The topological polar surface area (TPSA) is 15.3 Å². The van der Waals surface area contributed by atoms with Crippen LogP contribution in [0.1, 0.15) is 19.8 Å². The van der Waals surface area contributed by atoms with Gasteiger partial charge in [0.2, 0.25) is 0 Å². The molecular formula is C9H18N2. The van der Waals surface area contributed by atoms with Crippen LogP contribution in [-0.2, 0) is 0 Å². The van der Waals surface area contributed by atoms with E-state index in [1.807, 2.05) is 0 Å². The third-order valence-corrected chi connectivity index (χ3v) is 3.28. The number of hydrogen-bond donors (Lipinski definition) is 1. The van der Waals surface area contributed by atoms with Crippen molar-refractivity contribution in [2.75, 3.05) is 20.1 Å². The van der Waals surface area contributed by atoms with Gasteiger partial charge in [-0.3, -0.25) is 4.90 Å². The Morgan fingerprint density at radius 2 is 2.00 bits per heavy atom. The molecule has 2 fully saturated rings. The zero-order valence-electron chi connectivity index (χ0n) is 7.51. The SMILES string of the molecule is CC(C1CC1)N(C)C1CNC1. The molecule has 2 aliphatic rings. The van der Waals surface area contributed by atoms with Crippen LogP contribution in [-0.4, -0.2) is 37.1 Å². The average molecular weight is 154 g/mol. The lowest BCUT2D eigenvalue weighted by Crippen LogP contribution is -2.58. The van der Waals surface area contributed by atoms with Gasteiger partial charge in [-0.2, -0.15) is 0 Å². The number of nitrogens with zero attached hydrogens (tertiary/aromatic N) is 1. The van der Waals surface area contributed by atoms with E-state index in [1.54, 1.807) is 0 Å². The first-order valence-corrected chi connectivity index (χ1v) is 4.71. The second-order valence-electron chi connectivity index (χ2n) is 4.06. The second-order valence-corrected chi connectivity index (χ2v) is 4.06. The number of nitrogens with one attached hydrogen (secondary N) is 1. The van der Waals surface area contributed by atoms with Gasteiger partial charge in [0.15, 0.2) is 0 Å². The van der Waals surface area contributed by atoms with Crippen LogP contribution < -0.4 is 5.32 Å². The van der Waals surface area contributed by atoms with Gasteiger partial charge >= 0.3 is 0 Å². The highest BCUT2D eigenvalue weighted by Crippen LogP contribution is 2.35. The van der Waals surface area contributed by atoms with Gasteiger partial charge in [0, 0.05) is 25.2 Å². The normalized spacial score (nSPS) is 28.6. The first kappa shape index (κ1) is 7.56. The Labute approximate surface area is 69.0 Å². The van der Waals surface area contributed by atoms with Crippen molar-refractivity contribution in [2.45, 2.75) is 31.8 Å². The monoisotopic (exact) mass is 154 g/mol. The number of likely N-dealkylation sites (N-methyl/N-ethyl adjacent to an activating group) is 1. The Bertz CT molecular complexity index is 138. The van der Waals surface area contributed by atoms with E-state index < -0.39 is 0 Å².